The topological polar surface area (TPSA) is 53.2 Å². The lowest BCUT2D eigenvalue weighted by Crippen LogP contribution is -2.49. The molecule has 3 N–H and O–H groups in total. The first-order valence-corrected chi connectivity index (χ1v) is 5.48. The van der Waals surface area contributed by atoms with Crippen molar-refractivity contribution in [3.05, 3.63) is 23.4 Å². The molecular weight excluding hydrogens is 190 g/mol. The molecule has 3 rings (SSSR count). The number of hydrogen-bond donors (Lipinski definition) is 3. The first kappa shape index (κ1) is 8.97. The smallest absolute Gasteiger partial charge is 0.224 e. The van der Waals surface area contributed by atoms with Crippen molar-refractivity contribution < 1.29 is 4.79 Å². The van der Waals surface area contributed by atoms with E-state index >= 15 is 0 Å². The molecule has 4 nitrogen and oxygen atoms in total. The van der Waals surface area contributed by atoms with Gasteiger partial charge in [0, 0.05) is 24.6 Å². The average molecular weight is 205 g/mol. The fraction of sp³-hybridized carbons (Fsp3) is 0.545. The minimum absolute atomic E-state index is 0.150. The normalized spacial score (nSPS) is 34.0. The van der Waals surface area contributed by atoms with Crippen molar-refractivity contribution in [2.45, 2.75) is 18.9 Å². The fourth-order valence-electron chi connectivity index (χ4n) is 2.55. The quantitative estimate of drug-likeness (QED) is 0.516. The highest BCUT2D eigenvalue weighted by atomic mass is 16.1. The third kappa shape index (κ3) is 1.55. The Morgan fingerprint density at radius 2 is 2.33 bits per heavy atom. The molecule has 0 radical (unpaired) electrons. The first-order valence-electron chi connectivity index (χ1n) is 5.48. The summed E-state index contributed by atoms with van der Waals surface area (Å²) in [6.45, 7) is 1.87. The highest BCUT2D eigenvalue weighted by Gasteiger charge is 2.31. The molecule has 1 aliphatic carbocycles. The van der Waals surface area contributed by atoms with Crippen LogP contribution in [0.1, 0.15) is 12.8 Å². The molecule has 2 aliphatic heterocycles. The van der Waals surface area contributed by atoms with Crippen molar-refractivity contribution in [3.8, 4) is 0 Å². The highest BCUT2D eigenvalue weighted by Crippen LogP contribution is 2.29. The van der Waals surface area contributed by atoms with Crippen LogP contribution < -0.4 is 16.0 Å². The molecule has 0 aromatic heterocycles. The third-order valence-electron chi connectivity index (χ3n) is 3.35. The number of carbonyl (C=O) groups is 1. The van der Waals surface area contributed by atoms with Gasteiger partial charge in [-0.25, -0.2) is 0 Å². The van der Waals surface area contributed by atoms with E-state index in [1.807, 2.05) is 0 Å². The molecule has 0 aromatic carbocycles. The van der Waals surface area contributed by atoms with Crippen LogP contribution in [0.4, 0.5) is 0 Å². The van der Waals surface area contributed by atoms with E-state index in [0.717, 1.165) is 19.6 Å². The van der Waals surface area contributed by atoms with Crippen molar-refractivity contribution in [1.29, 1.82) is 0 Å². The zero-order valence-corrected chi connectivity index (χ0v) is 8.55. The molecule has 15 heavy (non-hydrogen) atoms. The Labute approximate surface area is 88.8 Å². The number of hydrogen-bond acceptors (Lipinski definition) is 3. The molecule has 2 atom stereocenters. The standard InChI is InChI=1S/C11H15N3O/c15-11-2-1-7-3-9-8(4-10(7)14-11)5-12-6-13-9/h1,3,8,10,12-13H,2,4-6H2,(H,14,15). The summed E-state index contributed by atoms with van der Waals surface area (Å²) in [7, 11) is 0. The molecule has 2 unspecified atom stereocenters. The van der Waals surface area contributed by atoms with Gasteiger partial charge in [-0.3, -0.25) is 10.1 Å². The molecule has 0 spiro atoms. The second kappa shape index (κ2) is 3.38. The van der Waals surface area contributed by atoms with E-state index in [0.29, 0.717) is 12.3 Å². The fourth-order valence-corrected chi connectivity index (χ4v) is 2.55. The van der Waals surface area contributed by atoms with Gasteiger partial charge in [0.25, 0.3) is 0 Å². The lowest BCUT2D eigenvalue weighted by atomic mass is 9.83. The molecule has 1 saturated heterocycles. The summed E-state index contributed by atoms with van der Waals surface area (Å²) in [5.74, 6) is 0.677. The van der Waals surface area contributed by atoms with Crippen LogP contribution in [0.2, 0.25) is 0 Å². The molecule has 4 heteroatoms. The first-order chi connectivity index (χ1) is 7.33. The Hall–Kier alpha value is -1.29. The van der Waals surface area contributed by atoms with E-state index in [2.05, 4.69) is 28.1 Å². The Bertz CT molecular complexity index is 359. The van der Waals surface area contributed by atoms with Crippen molar-refractivity contribution in [2.24, 2.45) is 5.92 Å². The van der Waals surface area contributed by atoms with Gasteiger partial charge in [-0.1, -0.05) is 6.08 Å². The average Bonchev–Trinajstić information content (AvgIpc) is 2.26. The van der Waals surface area contributed by atoms with Crippen molar-refractivity contribution in [3.63, 3.8) is 0 Å². The van der Waals surface area contributed by atoms with E-state index < -0.39 is 0 Å². The Morgan fingerprint density at radius 1 is 1.40 bits per heavy atom. The van der Waals surface area contributed by atoms with E-state index in [-0.39, 0.29) is 11.9 Å². The predicted octanol–water partition coefficient (Wildman–Crippen LogP) is -0.145. The van der Waals surface area contributed by atoms with Gasteiger partial charge in [-0.05, 0) is 18.1 Å². The second-order valence-corrected chi connectivity index (χ2v) is 4.37. The summed E-state index contributed by atoms with van der Waals surface area (Å²) in [4.78, 5) is 11.3. The number of carbonyl (C=O) groups excluding carboxylic acids is 1. The summed E-state index contributed by atoms with van der Waals surface area (Å²) in [5.41, 5.74) is 2.60. The maximum Gasteiger partial charge on any atom is 0.224 e. The van der Waals surface area contributed by atoms with Crippen molar-refractivity contribution in [2.75, 3.05) is 13.2 Å². The van der Waals surface area contributed by atoms with Crippen LogP contribution in [0.3, 0.4) is 0 Å². The van der Waals surface area contributed by atoms with Crippen LogP contribution in [0.25, 0.3) is 0 Å². The maximum absolute atomic E-state index is 11.3. The molecule has 3 aliphatic rings. The molecule has 2 heterocycles. The number of amides is 1. The van der Waals surface area contributed by atoms with Gasteiger partial charge in [0.15, 0.2) is 0 Å². The van der Waals surface area contributed by atoms with Crippen LogP contribution in [-0.4, -0.2) is 25.2 Å². The SMILES string of the molecule is O=C1CC=C2C=C3NCNCC3CC2N1. The zero-order chi connectivity index (χ0) is 10.3. The van der Waals surface area contributed by atoms with E-state index in [1.54, 1.807) is 0 Å². The van der Waals surface area contributed by atoms with Gasteiger partial charge in [0.1, 0.15) is 0 Å². The molecule has 0 saturated carbocycles. The van der Waals surface area contributed by atoms with E-state index in [9.17, 15) is 4.79 Å². The maximum atomic E-state index is 11.3. The second-order valence-electron chi connectivity index (χ2n) is 4.37. The Balaban J connectivity index is 1.90. The van der Waals surface area contributed by atoms with Gasteiger partial charge < -0.3 is 10.6 Å². The summed E-state index contributed by atoms with van der Waals surface area (Å²) >= 11 is 0. The van der Waals surface area contributed by atoms with Gasteiger partial charge in [0.05, 0.1) is 12.7 Å². The third-order valence-corrected chi connectivity index (χ3v) is 3.35. The Morgan fingerprint density at radius 3 is 3.27 bits per heavy atom. The van der Waals surface area contributed by atoms with Gasteiger partial charge >= 0.3 is 0 Å². The number of rotatable bonds is 0. The predicted molar refractivity (Wildman–Crippen MR) is 56.8 cm³/mol. The summed E-state index contributed by atoms with van der Waals surface area (Å²) in [6, 6.07) is 0.238. The van der Waals surface area contributed by atoms with Crippen molar-refractivity contribution >= 4 is 5.91 Å². The van der Waals surface area contributed by atoms with Crippen LogP contribution in [-0.2, 0) is 4.79 Å². The largest absolute Gasteiger partial charge is 0.376 e. The van der Waals surface area contributed by atoms with E-state index in [4.69, 9.17) is 0 Å². The van der Waals surface area contributed by atoms with Gasteiger partial charge in [-0.2, -0.15) is 0 Å². The summed E-state index contributed by atoms with van der Waals surface area (Å²) in [5, 5.41) is 9.71. The van der Waals surface area contributed by atoms with Crippen LogP contribution in [0.5, 0.6) is 0 Å². The summed E-state index contributed by atoms with van der Waals surface area (Å²) in [6.07, 6.45) is 5.80. The van der Waals surface area contributed by atoms with E-state index in [1.165, 1.54) is 11.3 Å². The molecule has 0 bridgehead atoms. The zero-order valence-electron chi connectivity index (χ0n) is 8.55. The van der Waals surface area contributed by atoms with Gasteiger partial charge in [0.2, 0.25) is 5.91 Å². The minimum Gasteiger partial charge on any atom is -0.376 e. The molecular formula is C11H15N3O. The summed E-state index contributed by atoms with van der Waals surface area (Å²) < 4.78 is 0. The Kier molecular flexibility index (Phi) is 2.02. The van der Waals surface area contributed by atoms with Crippen LogP contribution in [0, 0.1) is 5.92 Å². The van der Waals surface area contributed by atoms with Crippen molar-refractivity contribution in [1.82, 2.24) is 16.0 Å². The minimum atomic E-state index is 0.150. The molecule has 0 aromatic rings. The number of nitrogens with one attached hydrogen (secondary N) is 3. The molecule has 1 fully saturated rings. The molecule has 80 valence electrons. The monoisotopic (exact) mass is 205 g/mol. The van der Waals surface area contributed by atoms with Crippen LogP contribution >= 0.6 is 0 Å². The number of fused-ring (bicyclic) bond motifs is 2. The highest BCUT2D eigenvalue weighted by molar-refractivity contribution is 5.80. The molecule has 1 amide bonds. The lowest BCUT2D eigenvalue weighted by Gasteiger charge is -2.37. The van der Waals surface area contributed by atoms with Gasteiger partial charge in [-0.15, -0.1) is 0 Å². The lowest BCUT2D eigenvalue weighted by molar-refractivity contribution is -0.121. The van der Waals surface area contributed by atoms with Crippen LogP contribution in [0.15, 0.2) is 23.4 Å².